The average molecular weight is 417 g/mol. The summed E-state index contributed by atoms with van der Waals surface area (Å²) in [6.07, 6.45) is 0.946. The third-order valence-corrected chi connectivity index (χ3v) is 4.44. The van der Waals surface area contributed by atoms with Gasteiger partial charge in [0.25, 0.3) is 5.91 Å². The Morgan fingerprint density at radius 1 is 1.17 bits per heavy atom. The highest BCUT2D eigenvalue weighted by Gasteiger charge is 2.17. The molecule has 0 aliphatic heterocycles. The summed E-state index contributed by atoms with van der Waals surface area (Å²) in [4.78, 5) is 17.0. The normalized spacial score (nSPS) is 12.3. The first-order chi connectivity index (χ1) is 14.3. The van der Waals surface area contributed by atoms with Gasteiger partial charge in [-0.1, -0.05) is 0 Å². The molecule has 1 amide bonds. The molecule has 8 nitrogen and oxygen atoms in total. The highest BCUT2D eigenvalue weighted by Crippen LogP contribution is 2.28. The first-order valence-electron chi connectivity index (χ1n) is 10.1. The summed E-state index contributed by atoms with van der Waals surface area (Å²) in [6, 6.07) is 8.63. The van der Waals surface area contributed by atoms with E-state index in [1.54, 1.807) is 30.5 Å². The number of rotatable bonds is 11. The third kappa shape index (κ3) is 6.69. The molecule has 164 valence electrons. The predicted molar refractivity (Wildman–Crippen MR) is 115 cm³/mol. The smallest absolute Gasteiger partial charge is 0.252 e. The van der Waals surface area contributed by atoms with Crippen LogP contribution in [0.4, 0.5) is 0 Å². The van der Waals surface area contributed by atoms with Crippen LogP contribution in [0, 0.1) is 0 Å². The van der Waals surface area contributed by atoms with Crippen molar-refractivity contribution in [1.29, 1.82) is 0 Å². The van der Waals surface area contributed by atoms with Crippen molar-refractivity contribution in [2.45, 2.75) is 45.9 Å². The van der Waals surface area contributed by atoms with Crippen LogP contribution in [0.5, 0.6) is 11.5 Å². The number of nitrogens with two attached hydrogens (primary N) is 1. The quantitative estimate of drug-likeness (QED) is 0.414. The van der Waals surface area contributed by atoms with Crippen molar-refractivity contribution in [3.63, 3.8) is 0 Å². The monoisotopic (exact) mass is 416 g/mol. The van der Waals surface area contributed by atoms with E-state index in [4.69, 9.17) is 15.2 Å². The van der Waals surface area contributed by atoms with E-state index in [1.807, 2.05) is 33.8 Å². The van der Waals surface area contributed by atoms with Crippen LogP contribution in [0.15, 0.2) is 36.5 Å². The van der Waals surface area contributed by atoms with Gasteiger partial charge in [-0.3, -0.25) is 9.78 Å². The first kappa shape index (κ1) is 23.6. The van der Waals surface area contributed by atoms with Gasteiger partial charge in [-0.2, -0.15) is 0 Å². The minimum atomic E-state index is -0.702. The number of amides is 1. The summed E-state index contributed by atoms with van der Waals surface area (Å²) in [5.74, 6) is 0.797. The number of aliphatic hydroxyl groups is 1. The minimum Gasteiger partial charge on any atom is -0.490 e. The maximum absolute atomic E-state index is 12.7. The van der Waals surface area contributed by atoms with Crippen LogP contribution in [-0.4, -0.2) is 41.4 Å². The molecule has 1 aromatic carbocycles. The largest absolute Gasteiger partial charge is 0.490 e. The number of ether oxygens (including phenoxy) is 2. The van der Waals surface area contributed by atoms with Crippen LogP contribution < -0.4 is 25.8 Å². The van der Waals surface area contributed by atoms with Crippen molar-refractivity contribution in [1.82, 2.24) is 15.6 Å². The molecule has 0 aliphatic rings. The van der Waals surface area contributed by atoms with Crippen LogP contribution in [0.3, 0.4) is 0 Å². The van der Waals surface area contributed by atoms with Gasteiger partial charge >= 0.3 is 0 Å². The highest BCUT2D eigenvalue weighted by atomic mass is 16.5. The van der Waals surface area contributed by atoms with Crippen LogP contribution in [0.1, 0.15) is 55.5 Å². The van der Waals surface area contributed by atoms with E-state index < -0.39 is 11.7 Å². The van der Waals surface area contributed by atoms with E-state index in [0.717, 1.165) is 11.3 Å². The first-order valence-corrected chi connectivity index (χ1v) is 10.1. The molecular formula is C22H32N4O4. The fourth-order valence-electron chi connectivity index (χ4n) is 2.67. The van der Waals surface area contributed by atoms with Crippen LogP contribution >= 0.6 is 0 Å². The van der Waals surface area contributed by atoms with E-state index >= 15 is 0 Å². The van der Waals surface area contributed by atoms with Crippen LogP contribution in [0.25, 0.3) is 0 Å². The molecular weight excluding hydrogens is 384 g/mol. The lowest BCUT2D eigenvalue weighted by Crippen LogP contribution is -2.42. The Kier molecular flexibility index (Phi) is 8.58. The van der Waals surface area contributed by atoms with Gasteiger partial charge in [-0.15, -0.1) is 0 Å². The van der Waals surface area contributed by atoms with Gasteiger partial charge in [0.15, 0.2) is 11.5 Å². The minimum absolute atomic E-state index is 0.00802. The molecule has 0 saturated heterocycles. The summed E-state index contributed by atoms with van der Waals surface area (Å²) < 4.78 is 11.1. The van der Waals surface area contributed by atoms with Gasteiger partial charge < -0.3 is 30.9 Å². The van der Waals surface area contributed by atoms with E-state index in [9.17, 15) is 9.90 Å². The zero-order valence-corrected chi connectivity index (χ0v) is 18.1. The number of carbonyl (C=O) groups is 1. The highest BCUT2D eigenvalue weighted by molar-refractivity contribution is 5.95. The summed E-state index contributed by atoms with van der Waals surface area (Å²) in [6.45, 7) is 9.00. The number of carbonyl (C=O) groups excluding carboxylic acids is 1. The van der Waals surface area contributed by atoms with Crippen molar-refractivity contribution < 1.29 is 19.4 Å². The summed E-state index contributed by atoms with van der Waals surface area (Å²) in [5, 5.41) is 15.4. The second kappa shape index (κ2) is 10.9. The van der Waals surface area contributed by atoms with Gasteiger partial charge in [0.2, 0.25) is 0 Å². The van der Waals surface area contributed by atoms with E-state index in [1.165, 1.54) is 0 Å². The Morgan fingerprint density at radius 3 is 2.53 bits per heavy atom. The van der Waals surface area contributed by atoms with Gasteiger partial charge in [0.1, 0.15) is 6.17 Å². The van der Waals surface area contributed by atoms with Crippen molar-refractivity contribution in [2.75, 3.05) is 19.8 Å². The maximum atomic E-state index is 12.7. The number of hydrogen-bond acceptors (Lipinski definition) is 7. The molecule has 30 heavy (non-hydrogen) atoms. The summed E-state index contributed by atoms with van der Waals surface area (Å²) in [5.41, 5.74) is 7.71. The molecule has 1 heterocycles. The average Bonchev–Trinajstić information content (AvgIpc) is 2.74. The Balaban J connectivity index is 2.08. The second-order valence-corrected chi connectivity index (χ2v) is 7.45. The molecule has 5 N–H and O–H groups in total. The molecule has 1 aromatic heterocycles. The topological polar surface area (TPSA) is 119 Å². The SMILES string of the molecule is CCOc1ccc(C(=O)NC(N)c2ccnc(CNC(C)(C)CO)c2)cc1OCC. The molecule has 1 atom stereocenters. The molecule has 8 heteroatoms. The number of hydrogen-bond donors (Lipinski definition) is 4. The van der Waals surface area contributed by atoms with E-state index in [0.29, 0.717) is 36.8 Å². The molecule has 0 spiro atoms. The van der Waals surface area contributed by atoms with E-state index in [-0.39, 0.29) is 12.5 Å². The summed E-state index contributed by atoms with van der Waals surface area (Å²) >= 11 is 0. The Bertz CT molecular complexity index is 842. The predicted octanol–water partition coefficient (Wildman–Crippen LogP) is 2.13. The zero-order valence-electron chi connectivity index (χ0n) is 18.1. The van der Waals surface area contributed by atoms with Crippen molar-refractivity contribution in [3.8, 4) is 11.5 Å². The third-order valence-electron chi connectivity index (χ3n) is 4.44. The standard InChI is InChI=1S/C22H32N4O4/c1-5-29-18-8-7-16(12-19(18)30-6-2)21(28)26-20(23)15-9-10-24-17(11-15)13-25-22(3,4)14-27/h7-12,20,25,27H,5-6,13-14,23H2,1-4H3,(H,26,28). The molecule has 0 fully saturated rings. The van der Waals surface area contributed by atoms with Crippen molar-refractivity contribution in [2.24, 2.45) is 5.73 Å². The summed E-state index contributed by atoms with van der Waals surface area (Å²) in [7, 11) is 0. The molecule has 1 unspecified atom stereocenters. The van der Waals surface area contributed by atoms with Gasteiger partial charge in [0, 0.05) is 23.8 Å². The lowest BCUT2D eigenvalue weighted by Gasteiger charge is -2.23. The fourth-order valence-corrected chi connectivity index (χ4v) is 2.67. The lowest BCUT2D eigenvalue weighted by molar-refractivity contribution is 0.0937. The maximum Gasteiger partial charge on any atom is 0.252 e. The van der Waals surface area contributed by atoms with Gasteiger partial charge in [-0.05, 0) is 63.6 Å². The molecule has 0 bridgehead atoms. The number of aromatic nitrogens is 1. The zero-order chi connectivity index (χ0) is 22.1. The van der Waals surface area contributed by atoms with Crippen LogP contribution in [0.2, 0.25) is 0 Å². The second-order valence-electron chi connectivity index (χ2n) is 7.45. The van der Waals surface area contributed by atoms with Gasteiger partial charge in [-0.25, -0.2) is 0 Å². The van der Waals surface area contributed by atoms with Crippen LogP contribution in [-0.2, 0) is 6.54 Å². The van der Waals surface area contributed by atoms with E-state index in [2.05, 4.69) is 15.6 Å². The van der Waals surface area contributed by atoms with Crippen molar-refractivity contribution in [3.05, 3.63) is 53.3 Å². The number of nitrogens with zero attached hydrogens (tertiary/aromatic N) is 1. The van der Waals surface area contributed by atoms with Gasteiger partial charge in [0.05, 0.1) is 25.5 Å². The molecule has 0 aliphatic carbocycles. The molecule has 0 radical (unpaired) electrons. The van der Waals surface area contributed by atoms with Crippen molar-refractivity contribution >= 4 is 5.91 Å². The Labute approximate surface area is 177 Å². The molecule has 2 aromatic rings. The molecule has 0 saturated carbocycles. The lowest BCUT2D eigenvalue weighted by atomic mass is 10.1. The fraction of sp³-hybridized carbons (Fsp3) is 0.455. The number of aliphatic hydroxyl groups excluding tert-OH is 1. The number of pyridine rings is 1. The Morgan fingerprint density at radius 2 is 1.87 bits per heavy atom. The molecule has 2 rings (SSSR count). The number of benzene rings is 1. The number of nitrogens with one attached hydrogen (secondary N) is 2. The Hall–Kier alpha value is -2.68.